The standard InChI is InChI=1S/C15H21N3O3/c1-11-6-5-9-17(10-11)12(2)15(19)16-13-7-3-4-8-14(13)18(20)21/h3-4,7-8,11-12H,5-6,9-10H2,1-2H3,(H,16,19)/p+1/t11-,12-/m0/s1. The third-order valence-corrected chi connectivity index (χ3v) is 4.17. The van der Waals surface area contributed by atoms with E-state index in [0.717, 1.165) is 19.5 Å². The van der Waals surface area contributed by atoms with E-state index in [1.807, 2.05) is 6.92 Å². The highest BCUT2D eigenvalue weighted by molar-refractivity contribution is 5.95. The molecule has 1 amide bonds. The Morgan fingerprint density at radius 1 is 1.48 bits per heavy atom. The number of carbonyl (C=O) groups excluding carboxylic acids is 1. The van der Waals surface area contributed by atoms with Crippen LogP contribution in [0.5, 0.6) is 0 Å². The first-order valence-corrected chi connectivity index (χ1v) is 7.38. The van der Waals surface area contributed by atoms with Gasteiger partial charge in [-0.05, 0) is 25.8 Å². The third-order valence-electron chi connectivity index (χ3n) is 4.17. The van der Waals surface area contributed by atoms with Gasteiger partial charge in [-0.25, -0.2) is 0 Å². The summed E-state index contributed by atoms with van der Waals surface area (Å²) in [6.07, 6.45) is 2.33. The topological polar surface area (TPSA) is 76.7 Å². The van der Waals surface area contributed by atoms with Crippen LogP contribution in [-0.4, -0.2) is 30.0 Å². The lowest BCUT2D eigenvalue weighted by Crippen LogP contribution is -3.17. The van der Waals surface area contributed by atoms with E-state index in [1.165, 1.54) is 17.4 Å². The molecular formula is C15H22N3O3+. The smallest absolute Gasteiger partial charge is 0.292 e. The molecule has 2 N–H and O–H groups in total. The monoisotopic (exact) mass is 292 g/mol. The summed E-state index contributed by atoms with van der Waals surface area (Å²) in [7, 11) is 0. The van der Waals surface area contributed by atoms with Crippen LogP contribution in [-0.2, 0) is 4.79 Å². The molecule has 21 heavy (non-hydrogen) atoms. The summed E-state index contributed by atoms with van der Waals surface area (Å²) in [5, 5.41) is 13.7. The third kappa shape index (κ3) is 3.78. The summed E-state index contributed by atoms with van der Waals surface area (Å²) in [5.41, 5.74) is 0.198. The van der Waals surface area contributed by atoms with E-state index in [0.29, 0.717) is 5.92 Å². The van der Waals surface area contributed by atoms with Crippen molar-refractivity contribution in [2.24, 2.45) is 5.92 Å². The van der Waals surface area contributed by atoms with Gasteiger partial charge in [0.25, 0.3) is 11.6 Å². The van der Waals surface area contributed by atoms with Gasteiger partial charge >= 0.3 is 0 Å². The van der Waals surface area contributed by atoms with Gasteiger partial charge in [-0.1, -0.05) is 19.1 Å². The number of likely N-dealkylation sites (tertiary alicyclic amines) is 1. The fourth-order valence-corrected chi connectivity index (χ4v) is 2.89. The molecule has 1 saturated heterocycles. The van der Waals surface area contributed by atoms with Crippen LogP contribution < -0.4 is 10.2 Å². The van der Waals surface area contributed by atoms with Gasteiger partial charge in [0.1, 0.15) is 5.69 Å². The van der Waals surface area contributed by atoms with Crippen molar-refractivity contribution < 1.29 is 14.6 Å². The number of nitrogens with zero attached hydrogens (tertiary/aromatic N) is 1. The van der Waals surface area contributed by atoms with E-state index in [1.54, 1.807) is 18.2 Å². The lowest BCUT2D eigenvalue weighted by Gasteiger charge is -2.31. The molecule has 1 fully saturated rings. The zero-order valence-electron chi connectivity index (χ0n) is 12.5. The number of nitro benzene ring substituents is 1. The summed E-state index contributed by atoms with van der Waals surface area (Å²) in [4.78, 5) is 24.1. The quantitative estimate of drug-likeness (QED) is 0.647. The number of rotatable bonds is 4. The SMILES string of the molecule is C[C@H]1CCC[NH+]([C@@H](C)C(=O)Nc2ccccc2[N+](=O)[O-])C1. The second-order valence-electron chi connectivity index (χ2n) is 5.84. The average Bonchev–Trinajstić information content (AvgIpc) is 2.46. The molecule has 0 aromatic heterocycles. The fourth-order valence-electron chi connectivity index (χ4n) is 2.89. The summed E-state index contributed by atoms with van der Waals surface area (Å²) in [6, 6.07) is 6.04. The van der Waals surface area contributed by atoms with Crippen molar-refractivity contribution in [3.8, 4) is 0 Å². The predicted octanol–water partition coefficient (Wildman–Crippen LogP) is 1.24. The lowest BCUT2D eigenvalue weighted by atomic mass is 9.99. The number of benzene rings is 1. The molecule has 6 nitrogen and oxygen atoms in total. The van der Waals surface area contributed by atoms with Crippen molar-refractivity contribution in [1.82, 2.24) is 0 Å². The number of amides is 1. The molecule has 1 unspecified atom stereocenters. The van der Waals surface area contributed by atoms with Crippen LogP contribution in [0.4, 0.5) is 11.4 Å². The molecule has 1 aromatic carbocycles. The Morgan fingerprint density at radius 2 is 2.19 bits per heavy atom. The lowest BCUT2D eigenvalue weighted by molar-refractivity contribution is -0.922. The number of piperidine rings is 1. The van der Waals surface area contributed by atoms with E-state index < -0.39 is 4.92 Å². The maximum atomic E-state index is 12.3. The van der Waals surface area contributed by atoms with Crippen LogP contribution in [0.2, 0.25) is 0 Å². The Morgan fingerprint density at radius 3 is 2.86 bits per heavy atom. The zero-order valence-corrected chi connectivity index (χ0v) is 12.5. The number of quaternary nitrogens is 1. The fraction of sp³-hybridized carbons (Fsp3) is 0.533. The second kappa shape index (κ2) is 6.67. The molecule has 6 heteroatoms. The van der Waals surface area contributed by atoms with Crippen LogP contribution in [0.15, 0.2) is 24.3 Å². The molecule has 0 spiro atoms. The van der Waals surface area contributed by atoms with E-state index >= 15 is 0 Å². The minimum absolute atomic E-state index is 0.0694. The van der Waals surface area contributed by atoms with Crippen LogP contribution in [0, 0.1) is 16.0 Å². The second-order valence-corrected chi connectivity index (χ2v) is 5.84. The average molecular weight is 292 g/mol. The molecule has 0 saturated carbocycles. The summed E-state index contributed by atoms with van der Waals surface area (Å²) in [5.74, 6) is 0.462. The van der Waals surface area contributed by atoms with Gasteiger partial charge in [-0.15, -0.1) is 0 Å². The Bertz CT molecular complexity index is 533. The van der Waals surface area contributed by atoms with Gasteiger partial charge < -0.3 is 10.2 Å². The van der Waals surface area contributed by atoms with Gasteiger partial charge in [-0.3, -0.25) is 14.9 Å². The summed E-state index contributed by atoms with van der Waals surface area (Å²) >= 11 is 0. The van der Waals surface area contributed by atoms with E-state index in [9.17, 15) is 14.9 Å². The van der Waals surface area contributed by atoms with Crippen molar-refractivity contribution in [1.29, 1.82) is 0 Å². The molecule has 0 bridgehead atoms. The maximum Gasteiger partial charge on any atom is 0.292 e. The van der Waals surface area contributed by atoms with E-state index in [-0.39, 0.29) is 23.3 Å². The zero-order chi connectivity index (χ0) is 15.4. The highest BCUT2D eigenvalue weighted by atomic mass is 16.6. The van der Waals surface area contributed by atoms with Gasteiger partial charge in [0.15, 0.2) is 6.04 Å². The molecular weight excluding hydrogens is 270 g/mol. The van der Waals surface area contributed by atoms with Crippen molar-refractivity contribution in [3.63, 3.8) is 0 Å². The highest BCUT2D eigenvalue weighted by Gasteiger charge is 2.30. The molecule has 1 aliphatic rings. The highest BCUT2D eigenvalue weighted by Crippen LogP contribution is 2.23. The molecule has 2 rings (SSSR count). The molecule has 1 heterocycles. The predicted molar refractivity (Wildman–Crippen MR) is 80.3 cm³/mol. The number of nitro groups is 1. The molecule has 1 aliphatic heterocycles. The summed E-state index contributed by atoms with van der Waals surface area (Å²) in [6.45, 7) is 6.05. The Kier molecular flexibility index (Phi) is 4.90. The van der Waals surface area contributed by atoms with E-state index in [2.05, 4.69) is 12.2 Å². The van der Waals surface area contributed by atoms with Crippen LogP contribution in [0.25, 0.3) is 0 Å². The van der Waals surface area contributed by atoms with Crippen molar-refractivity contribution in [2.75, 3.05) is 18.4 Å². The van der Waals surface area contributed by atoms with Crippen molar-refractivity contribution in [3.05, 3.63) is 34.4 Å². The van der Waals surface area contributed by atoms with Crippen molar-refractivity contribution >= 4 is 17.3 Å². The largest absolute Gasteiger partial charge is 0.325 e. The van der Waals surface area contributed by atoms with Gasteiger partial charge in [0.2, 0.25) is 0 Å². The maximum absolute atomic E-state index is 12.3. The Balaban J connectivity index is 2.05. The minimum Gasteiger partial charge on any atom is -0.325 e. The van der Waals surface area contributed by atoms with Gasteiger partial charge in [0, 0.05) is 12.0 Å². The van der Waals surface area contributed by atoms with Crippen molar-refractivity contribution in [2.45, 2.75) is 32.7 Å². The number of carbonyl (C=O) groups is 1. The molecule has 0 aliphatic carbocycles. The number of anilines is 1. The molecule has 114 valence electrons. The molecule has 3 atom stereocenters. The number of para-hydroxylation sites is 2. The van der Waals surface area contributed by atoms with Gasteiger partial charge in [-0.2, -0.15) is 0 Å². The summed E-state index contributed by atoms with van der Waals surface area (Å²) < 4.78 is 0. The Hall–Kier alpha value is -1.95. The first-order valence-electron chi connectivity index (χ1n) is 7.38. The number of hydrogen-bond donors (Lipinski definition) is 2. The number of hydrogen-bond acceptors (Lipinski definition) is 3. The van der Waals surface area contributed by atoms with Crippen LogP contribution in [0.3, 0.4) is 0 Å². The first kappa shape index (κ1) is 15.4. The minimum atomic E-state index is -0.476. The number of nitrogens with one attached hydrogen (secondary N) is 2. The Labute approximate surface area is 124 Å². The molecule has 0 radical (unpaired) electrons. The van der Waals surface area contributed by atoms with Gasteiger partial charge in [0.05, 0.1) is 18.0 Å². The normalized spacial score (nSPS) is 23.3. The van der Waals surface area contributed by atoms with Crippen LogP contribution >= 0.6 is 0 Å². The molecule has 1 aromatic rings. The van der Waals surface area contributed by atoms with E-state index in [4.69, 9.17) is 0 Å². The first-order chi connectivity index (χ1) is 9.99. The van der Waals surface area contributed by atoms with Crippen LogP contribution in [0.1, 0.15) is 26.7 Å².